The lowest BCUT2D eigenvalue weighted by atomic mass is 10.1. The Bertz CT molecular complexity index is 734. The van der Waals surface area contributed by atoms with Crippen molar-refractivity contribution in [3.8, 4) is 11.5 Å². The summed E-state index contributed by atoms with van der Waals surface area (Å²) in [5.41, 5.74) is 1.45. The average molecular weight is 429 g/mol. The van der Waals surface area contributed by atoms with E-state index < -0.39 is 0 Å². The molecule has 1 N–H and O–H groups in total. The first-order valence-corrected chi connectivity index (χ1v) is 8.12. The van der Waals surface area contributed by atoms with Gasteiger partial charge in [0.2, 0.25) is 0 Å². The summed E-state index contributed by atoms with van der Waals surface area (Å²) in [5.74, 6) is 0.513. The van der Waals surface area contributed by atoms with Gasteiger partial charge in [-0.1, -0.05) is 0 Å². The highest BCUT2D eigenvalue weighted by Gasteiger charge is 2.15. The number of amides is 1. The van der Waals surface area contributed by atoms with Crippen LogP contribution in [0.5, 0.6) is 11.5 Å². The molecule has 0 fully saturated rings. The molecule has 0 saturated heterocycles. The molecule has 0 aromatic heterocycles. The minimum atomic E-state index is -0.305. The molecule has 6 heteroatoms. The summed E-state index contributed by atoms with van der Waals surface area (Å²) in [7, 11) is 1.53. The van der Waals surface area contributed by atoms with Gasteiger partial charge < -0.3 is 14.8 Å². The van der Waals surface area contributed by atoms with E-state index in [0.717, 1.165) is 3.57 Å². The number of halogens is 2. The highest BCUT2D eigenvalue weighted by Crippen LogP contribution is 2.34. The minimum Gasteiger partial charge on any atom is -0.493 e. The maximum Gasteiger partial charge on any atom is 0.255 e. The number of anilines is 1. The molecule has 0 bridgehead atoms. The van der Waals surface area contributed by atoms with Crippen LogP contribution in [-0.2, 0) is 0 Å². The topological polar surface area (TPSA) is 47.6 Å². The first-order valence-electron chi connectivity index (χ1n) is 7.04. The van der Waals surface area contributed by atoms with Gasteiger partial charge in [-0.05, 0) is 72.3 Å². The average Bonchev–Trinajstić information content (AvgIpc) is 2.52. The molecule has 0 saturated carbocycles. The Morgan fingerprint density at radius 1 is 1.30 bits per heavy atom. The summed E-state index contributed by atoms with van der Waals surface area (Å²) >= 11 is 2.10. The Morgan fingerprint density at radius 3 is 2.65 bits per heavy atom. The molecule has 0 aliphatic rings. The Labute approximate surface area is 148 Å². The van der Waals surface area contributed by atoms with Crippen LogP contribution in [0.4, 0.5) is 10.1 Å². The highest BCUT2D eigenvalue weighted by molar-refractivity contribution is 14.1. The number of nitrogens with one attached hydrogen (secondary N) is 1. The van der Waals surface area contributed by atoms with Gasteiger partial charge in [0.15, 0.2) is 11.5 Å². The summed E-state index contributed by atoms with van der Waals surface area (Å²) in [6.45, 7) is 4.04. The Morgan fingerprint density at radius 2 is 2.04 bits per heavy atom. The number of hydrogen-bond donors (Lipinski definition) is 1. The van der Waals surface area contributed by atoms with Crippen LogP contribution in [0, 0.1) is 16.3 Å². The van der Waals surface area contributed by atoms with E-state index >= 15 is 0 Å². The summed E-state index contributed by atoms with van der Waals surface area (Å²) in [6.07, 6.45) is 0. The van der Waals surface area contributed by atoms with Crippen LogP contribution in [0.1, 0.15) is 22.8 Å². The fraction of sp³-hybridized carbons (Fsp3) is 0.235. The lowest BCUT2D eigenvalue weighted by Crippen LogP contribution is -2.13. The number of hydrogen-bond acceptors (Lipinski definition) is 3. The molecule has 2 aromatic rings. The van der Waals surface area contributed by atoms with Crippen molar-refractivity contribution in [2.24, 2.45) is 0 Å². The number of methoxy groups -OCH3 is 1. The SMILES string of the molecule is CCOc1c(I)cc(C(=O)Nc2ccc(F)c(C)c2)cc1OC. The van der Waals surface area contributed by atoms with Gasteiger partial charge in [0.1, 0.15) is 5.82 Å². The predicted octanol–water partition coefficient (Wildman–Crippen LogP) is 4.40. The van der Waals surface area contributed by atoms with Gasteiger partial charge in [-0.2, -0.15) is 0 Å². The normalized spacial score (nSPS) is 10.3. The van der Waals surface area contributed by atoms with Crippen molar-refractivity contribution >= 4 is 34.2 Å². The summed E-state index contributed by atoms with van der Waals surface area (Å²) in [4.78, 5) is 12.4. The summed E-state index contributed by atoms with van der Waals surface area (Å²) in [6, 6.07) is 7.78. The van der Waals surface area contributed by atoms with Crippen molar-refractivity contribution in [3.63, 3.8) is 0 Å². The van der Waals surface area contributed by atoms with Crippen molar-refractivity contribution in [1.29, 1.82) is 0 Å². The number of rotatable bonds is 5. The summed E-state index contributed by atoms with van der Waals surface area (Å²) < 4.78 is 24.9. The van der Waals surface area contributed by atoms with E-state index in [2.05, 4.69) is 27.9 Å². The van der Waals surface area contributed by atoms with Crippen molar-refractivity contribution < 1.29 is 18.7 Å². The van der Waals surface area contributed by atoms with Crippen LogP contribution in [0.25, 0.3) is 0 Å². The van der Waals surface area contributed by atoms with Gasteiger partial charge in [-0.25, -0.2) is 4.39 Å². The van der Waals surface area contributed by atoms with E-state index in [0.29, 0.717) is 34.9 Å². The molecule has 0 radical (unpaired) electrons. The van der Waals surface area contributed by atoms with Gasteiger partial charge in [0.05, 0.1) is 17.3 Å². The molecule has 2 rings (SSSR count). The Balaban J connectivity index is 2.28. The maximum absolute atomic E-state index is 13.3. The summed E-state index contributed by atoms with van der Waals surface area (Å²) in [5, 5.41) is 2.75. The van der Waals surface area contributed by atoms with Crippen molar-refractivity contribution in [1.82, 2.24) is 0 Å². The molecule has 4 nitrogen and oxygen atoms in total. The molecule has 1 amide bonds. The van der Waals surface area contributed by atoms with E-state index in [-0.39, 0.29) is 11.7 Å². The van der Waals surface area contributed by atoms with E-state index in [1.165, 1.54) is 19.2 Å². The molecule has 2 aromatic carbocycles. The second kappa shape index (κ2) is 7.63. The van der Waals surface area contributed by atoms with Crippen LogP contribution in [0.3, 0.4) is 0 Å². The molecule has 0 heterocycles. The first kappa shape index (κ1) is 17.5. The van der Waals surface area contributed by atoms with Gasteiger partial charge in [0.25, 0.3) is 5.91 Å². The molecule has 23 heavy (non-hydrogen) atoms. The number of benzene rings is 2. The Hall–Kier alpha value is -1.83. The van der Waals surface area contributed by atoms with Gasteiger partial charge >= 0.3 is 0 Å². The molecule has 0 aliphatic carbocycles. The zero-order chi connectivity index (χ0) is 17.0. The fourth-order valence-electron chi connectivity index (χ4n) is 2.06. The molecule has 0 spiro atoms. The number of carbonyl (C=O) groups is 1. The smallest absolute Gasteiger partial charge is 0.255 e. The zero-order valence-corrected chi connectivity index (χ0v) is 15.2. The molecule has 0 aliphatic heterocycles. The molecule has 0 atom stereocenters. The van der Waals surface area contributed by atoms with E-state index in [4.69, 9.17) is 9.47 Å². The standard InChI is InChI=1S/C17H17FINO3/c1-4-23-16-14(19)8-11(9-15(16)22-3)17(21)20-12-5-6-13(18)10(2)7-12/h5-9H,4H2,1-3H3,(H,20,21). The van der Waals surface area contributed by atoms with Crippen LogP contribution < -0.4 is 14.8 Å². The first-order chi connectivity index (χ1) is 11.0. The van der Waals surface area contributed by atoms with Crippen molar-refractivity contribution in [3.05, 3.63) is 50.8 Å². The van der Waals surface area contributed by atoms with Crippen LogP contribution >= 0.6 is 22.6 Å². The lowest BCUT2D eigenvalue weighted by molar-refractivity contribution is 0.102. The number of carbonyl (C=O) groups excluding carboxylic acids is 1. The van der Waals surface area contributed by atoms with Crippen LogP contribution in [0.2, 0.25) is 0 Å². The van der Waals surface area contributed by atoms with E-state index in [9.17, 15) is 9.18 Å². The fourth-order valence-corrected chi connectivity index (χ4v) is 2.82. The molecule has 122 valence electrons. The Kier molecular flexibility index (Phi) is 5.81. The maximum atomic E-state index is 13.3. The second-order valence-electron chi connectivity index (χ2n) is 4.84. The van der Waals surface area contributed by atoms with Crippen LogP contribution in [0.15, 0.2) is 30.3 Å². The van der Waals surface area contributed by atoms with Gasteiger partial charge in [-0.3, -0.25) is 4.79 Å². The second-order valence-corrected chi connectivity index (χ2v) is 6.00. The predicted molar refractivity (Wildman–Crippen MR) is 96.0 cm³/mol. The monoisotopic (exact) mass is 429 g/mol. The van der Waals surface area contributed by atoms with Crippen LogP contribution in [-0.4, -0.2) is 19.6 Å². The van der Waals surface area contributed by atoms with Crippen molar-refractivity contribution in [2.75, 3.05) is 19.0 Å². The minimum absolute atomic E-state index is 0.296. The highest BCUT2D eigenvalue weighted by atomic mass is 127. The molecular weight excluding hydrogens is 412 g/mol. The lowest BCUT2D eigenvalue weighted by Gasteiger charge is -2.13. The zero-order valence-electron chi connectivity index (χ0n) is 13.1. The van der Waals surface area contributed by atoms with Gasteiger partial charge in [0, 0.05) is 11.3 Å². The largest absolute Gasteiger partial charge is 0.493 e. The van der Waals surface area contributed by atoms with Gasteiger partial charge in [-0.15, -0.1) is 0 Å². The van der Waals surface area contributed by atoms with Crippen molar-refractivity contribution in [2.45, 2.75) is 13.8 Å². The van der Waals surface area contributed by atoms with E-state index in [1.54, 1.807) is 25.1 Å². The third kappa shape index (κ3) is 4.13. The molecular formula is C17H17FINO3. The number of ether oxygens (including phenoxy) is 2. The molecule has 0 unspecified atom stereocenters. The number of aryl methyl sites for hydroxylation is 1. The van der Waals surface area contributed by atoms with E-state index in [1.807, 2.05) is 6.92 Å². The third-order valence-electron chi connectivity index (χ3n) is 3.20. The quantitative estimate of drug-likeness (QED) is 0.718. The third-order valence-corrected chi connectivity index (χ3v) is 4.00.